The number of nitrogens with zero attached hydrogens (tertiary/aromatic N) is 4. The van der Waals surface area contributed by atoms with Crippen molar-refractivity contribution >= 4 is 21.9 Å². The zero-order valence-electron chi connectivity index (χ0n) is 13.2. The Bertz CT molecular complexity index is 1190. The van der Waals surface area contributed by atoms with E-state index in [-0.39, 0.29) is 0 Å². The molecule has 0 atom stereocenters. The molecule has 1 aromatic carbocycles. The van der Waals surface area contributed by atoms with E-state index in [0.29, 0.717) is 0 Å². The number of pyridine rings is 2. The van der Waals surface area contributed by atoms with Crippen molar-refractivity contribution in [3.8, 4) is 22.4 Å². The van der Waals surface area contributed by atoms with Gasteiger partial charge in [0.15, 0.2) is 0 Å². The van der Waals surface area contributed by atoms with Crippen molar-refractivity contribution in [2.45, 2.75) is 0 Å². The van der Waals surface area contributed by atoms with Gasteiger partial charge in [0, 0.05) is 41.1 Å². The number of hydrogen-bond acceptors (Lipinski definition) is 4. The molecule has 0 fully saturated rings. The Morgan fingerprint density at radius 3 is 2.56 bits per heavy atom. The molecule has 0 saturated heterocycles. The van der Waals surface area contributed by atoms with Crippen LogP contribution >= 0.6 is 0 Å². The zero-order chi connectivity index (χ0) is 16.6. The number of aromatic amines is 1. The molecule has 5 rings (SSSR count). The van der Waals surface area contributed by atoms with Crippen molar-refractivity contribution in [2.24, 2.45) is 0 Å². The molecule has 0 amide bonds. The van der Waals surface area contributed by atoms with Gasteiger partial charge in [-0.3, -0.25) is 9.97 Å². The van der Waals surface area contributed by atoms with Crippen molar-refractivity contribution in [3.63, 3.8) is 0 Å². The Morgan fingerprint density at radius 2 is 1.64 bits per heavy atom. The summed E-state index contributed by atoms with van der Waals surface area (Å²) in [7, 11) is 0. The predicted molar refractivity (Wildman–Crippen MR) is 97.9 cm³/mol. The van der Waals surface area contributed by atoms with E-state index in [1.54, 1.807) is 18.7 Å². The fourth-order valence-electron chi connectivity index (χ4n) is 3.18. The smallest absolute Gasteiger partial charge is 0.141 e. The molecule has 0 aliphatic rings. The monoisotopic (exact) mass is 323 g/mol. The minimum absolute atomic E-state index is 0.839. The molecule has 5 aromatic rings. The summed E-state index contributed by atoms with van der Waals surface area (Å²) in [4.78, 5) is 20.5. The summed E-state index contributed by atoms with van der Waals surface area (Å²) in [6.45, 7) is 0. The van der Waals surface area contributed by atoms with Gasteiger partial charge in [-0.15, -0.1) is 0 Å². The van der Waals surface area contributed by atoms with Gasteiger partial charge in [0.2, 0.25) is 0 Å². The van der Waals surface area contributed by atoms with Crippen molar-refractivity contribution in [3.05, 3.63) is 73.6 Å². The average Bonchev–Trinajstić information content (AvgIpc) is 3.17. The first-order chi connectivity index (χ1) is 12.4. The van der Waals surface area contributed by atoms with Crippen LogP contribution < -0.4 is 0 Å². The van der Waals surface area contributed by atoms with Gasteiger partial charge in [0.25, 0.3) is 0 Å². The molecule has 5 heteroatoms. The van der Waals surface area contributed by atoms with Crippen LogP contribution in [0.3, 0.4) is 0 Å². The third-order valence-corrected chi connectivity index (χ3v) is 4.36. The second-order valence-corrected chi connectivity index (χ2v) is 5.79. The van der Waals surface area contributed by atoms with Gasteiger partial charge in [-0.1, -0.05) is 6.07 Å². The number of rotatable bonds is 2. The lowest BCUT2D eigenvalue weighted by atomic mass is 9.99. The SMILES string of the molecule is c1cc(-c2ccnc3ccc(-c4ncnc5[nH]ccc45)cc23)ccn1. The van der Waals surface area contributed by atoms with Gasteiger partial charge in [-0.05, 0) is 47.5 Å². The first-order valence-corrected chi connectivity index (χ1v) is 7.98. The molecule has 0 aliphatic carbocycles. The average molecular weight is 323 g/mol. The summed E-state index contributed by atoms with van der Waals surface area (Å²) in [5.41, 5.74) is 6.01. The molecule has 0 unspecified atom stereocenters. The van der Waals surface area contributed by atoms with Gasteiger partial charge in [-0.25, -0.2) is 9.97 Å². The van der Waals surface area contributed by atoms with Gasteiger partial charge >= 0.3 is 0 Å². The highest BCUT2D eigenvalue weighted by atomic mass is 14.9. The molecule has 0 spiro atoms. The molecule has 4 aromatic heterocycles. The number of aromatic nitrogens is 5. The maximum atomic E-state index is 4.50. The zero-order valence-corrected chi connectivity index (χ0v) is 13.2. The summed E-state index contributed by atoms with van der Waals surface area (Å²) < 4.78 is 0. The lowest BCUT2D eigenvalue weighted by molar-refractivity contribution is 1.20. The summed E-state index contributed by atoms with van der Waals surface area (Å²) >= 11 is 0. The van der Waals surface area contributed by atoms with Crippen LogP contribution in [0.25, 0.3) is 44.3 Å². The lowest BCUT2D eigenvalue weighted by Crippen LogP contribution is -1.89. The Balaban J connectivity index is 1.78. The van der Waals surface area contributed by atoms with E-state index >= 15 is 0 Å². The standard InChI is InChI=1S/C20H13N5/c1-2-18-17(15(5-9-22-18)13-3-7-21-8-4-13)11-14(1)19-16-6-10-23-20(16)25-12-24-19/h1-12H,(H,23,24,25). The highest BCUT2D eigenvalue weighted by Gasteiger charge is 2.10. The maximum absolute atomic E-state index is 4.50. The Morgan fingerprint density at radius 1 is 0.720 bits per heavy atom. The molecule has 1 N–H and O–H groups in total. The molecule has 0 bridgehead atoms. The van der Waals surface area contributed by atoms with E-state index in [1.165, 1.54) is 0 Å². The van der Waals surface area contributed by atoms with E-state index < -0.39 is 0 Å². The highest BCUT2D eigenvalue weighted by Crippen LogP contribution is 2.32. The first kappa shape index (κ1) is 13.8. The molecule has 0 saturated carbocycles. The highest BCUT2D eigenvalue weighted by molar-refractivity contribution is 5.99. The van der Waals surface area contributed by atoms with Crippen LogP contribution in [0.2, 0.25) is 0 Å². The topological polar surface area (TPSA) is 67.3 Å². The molecule has 0 aliphatic heterocycles. The first-order valence-electron chi connectivity index (χ1n) is 7.98. The number of fused-ring (bicyclic) bond motifs is 2. The van der Waals surface area contributed by atoms with Crippen molar-refractivity contribution in [1.29, 1.82) is 0 Å². The van der Waals surface area contributed by atoms with Crippen LogP contribution in [-0.2, 0) is 0 Å². The molecule has 0 radical (unpaired) electrons. The van der Waals surface area contributed by atoms with Crippen LogP contribution in [0.4, 0.5) is 0 Å². The van der Waals surface area contributed by atoms with Gasteiger partial charge < -0.3 is 4.98 Å². The number of H-pyrrole nitrogens is 1. The van der Waals surface area contributed by atoms with E-state index in [2.05, 4.69) is 37.1 Å². The second kappa shape index (κ2) is 5.49. The fraction of sp³-hybridized carbons (Fsp3) is 0. The van der Waals surface area contributed by atoms with Crippen molar-refractivity contribution in [1.82, 2.24) is 24.9 Å². The van der Waals surface area contributed by atoms with Gasteiger partial charge in [0.1, 0.15) is 12.0 Å². The summed E-state index contributed by atoms with van der Waals surface area (Å²) in [5.74, 6) is 0. The molecule has 5 nitrogen and oxygen atoms in total. The van der Waals surface area contributed by atoms with Crippen molar-refractivity contribution < 1.29 is 0 Å². The van der Waals surface area contributed by atoms with Crippen LogP contribution in [-0.4, -0.2) is 24.9 Å². The lowest BCUT2D eigenvalue weighted by Gasteiger charge is -2.09. The van der Waals surface area contributed by atoms with E-state index in [1.807, 2.05) is 42.7 Å². The molecule has 25 heavy (non-hydrogen) atoms. The summed E-state index contributed by atoms with van der Waals surface area (Å²) in [6.07, 6.45) is 8.92. The third-order valence-electron chi connectivity index (χ3n) is 4.36. The van der Waals surface area contributed by atoms with Gasteiger partial charge in [0.05, 0.1) is 11.2 Å². The second-order valence-electron chi connectivity index (χ2n) is 5.79. The molecule has 118 valence electrons. The fourth-order valence-corrected chi connectivity index (χ4v) is 3.18. The normalized spacial score (nSPS) is 11.2. The summed E-state index contributed by atoms with van der Waals surface area (Å²) in [6, 6.07) is 14.3. The Labute approximate surface area is 143 Å². The number of hydrogen-bond donors (Lipinski definition) is 1. The van der Waals surface area contributed by atoms with Gasteiger partial charge in [-0.2, -0.15) is 0 Å². The third kappa shape index (κ3) is 2.25. The minimum Gasteiger partial charge on any atom is -0.346 e. The molecule has 4 heterocycles. The van der Waals surface area contributed by atoms with E-state index in [9.17, 15) is 0 Å². The Hall–Kier alpha value is -3.60. The molecular weight excluding hydrogens is 310 g/mol. The van der Waals surface area contributed by atoms with Crippen LogP contribution in [0.15, 0.2) is 73.6 Å². The van der Waals surface area contributed by atoms with Crippen LogP contribution in [0.5, 0.6) is 0 Å². The summed E-state index contributed by atoms with van der Waals surface area (Å²) in [5, 5.41) is 2.10. The predicted octanol–water partition coefficient (Wildman–Crippen LogP) is 4.24. The quantitative estimate of drug-likeness (QED) is 0.528. The number of nitrogens with one attached hydrogen (secondary N) is 1. The maximum Gasteiger partial charge on any atom is 0.141 e. The van der Waals surface area contributed by atoms with E-state index in [4.69, 9.17) is 0 Å². The van der Waals surface area contributed by atoms with Crippen LogP contribution in [0, 0.1) is 0 Å². The number of benzene rings is 1. The van der Waals surface area contributed by atoms with E-state index in [0.717, 1.165) is 44.3 Å². The van der Waals surface area contributed by atoms with Crippen molar-refractivity contribution in [2.75, 3.05) is 0 Å². The minimum atomic E-state index is 0.839. The molecular formula is C20H13N5. The Kier molecular flexibility index (Phi) is 3.03. The van der Waals surface area contributed by atoms with Crippen LogP contribution in [0.1, 0.15) is 0 Å². The largest absolute Gasteiger partial charge is 0.346 e.